The molecule has 0 saturated heterocycles. The highest BCUT2D eigenvalue weighted by molar-refractivity contribution is 5.80. The highest BCUT2D eigenvalue weighted by Gasteiger charge is 2.16. The van der Waals surface area contributed by atoms with E-state index >= 15 is 0 Å². The number of hydrogen-bond donors (Lipinski definition) is 2. The molecule has 0 fully saturated rings. The standard InChI is InChI=1S/C20H29NO2.C2H6/c1-7-12-21-19-13-16(10-11-18(19)14(4)5)15(6)17(8-2)20(22)23-9-3;1-2/h7-8,10-14,20-22H,6,9H2,1-5H3;1-2H3/b12-7-,17-8+;. The van der Waals surface area contributed by atoms with E-state index < -0.39 is 6.29 Å². The quantitative estimate of drug-likeness (QED) is 0.442. The number of ether oxygens (including phenoxy) is 1. The molecule has 0 aliphatic rings. The van der Waals surface area contributed by atoms with Gasteiger partial charge in [-0.15, -0.1) is 0 Å². The predicted octanol–water partition coefficient (Wildman–Crippen LogP) is 6.10. The molecule has 0 aliphatic heterocycles. The summed E-state index contributed by atoms with van der Waals surface area (Å²) in [7, 11) is 0. The maximum absolute atomic E-state index is 10.1. The van der Waals surface area contributed by atoms with Crippen LogP contribution in [-0.4, -0.2) is 18.0 Å². The Morgan fingerprint density at radius 3 is 2.40 bits per heavy atom. The van der Waals surface area contributed by atoms with Gasteiger partial charge in [-0.05, 0) is 55.7 Å². The van der Waals surface area contributed by atoms with Gasteiger partial charge in [0.05, 0.1) is 0 Å². The van der Waals surface area contributed by atoms with Gasteiger partial charge in [0.2, 0.25) is 0 Å². The number of aliphatic hydroxyl groups is 1. The minimum absolute atomic E-state index is 0.417. The van der Waals surface area contributed by atoms with Gasteiger partial charge in [-0.25, -0.2) is 0 Å². The number of allylic oxidation sites excluding steroid dienone is 2. The molecule has 0 amide bonds. The fourth-order valence-corrected chi connectivity index (χ4v) is 2.43. The molecule has 0 radical (unpaired) electrons. The average Bonchev–Trinajstić information content (AvgIpc) is 2.62. The first-order valence-electron chi connectivity index (χ1n) is 9.13. The second-order valence-corrected chi connectivity index (χ2v) is 5.63. The Kier molecular flexibility index (Phi) is 11.6. The third kappa shape index (κ3) is 6.89. The SMILES string of the molecule is C=C(/C(=C\C)C(O)OCC)c1ccc(C(C)C)c(N/C=C\C)c1.CC. The Balaban J connectivity index is 0.00000277. The summed E-state index contributed by atoms with van der Waals surface area (Å²) >= 11 is 0. The normalized spacial score (nSPS) is 12.8. The van der Waals surface area contributed by atoms with E-state index in [2.05, 4.69) is 37.9 Å². The fraction of sp³-hybridized carbons (Fsp3) is 0.455. The van der Waals surface area contributed by atoms with Crippen LogP contribution in [0.15, 0.2) is 48.7 Å². The molecule has 1 unspecified atom stereocenters. The van der Waals surface area contributed by atoms with Crippen molar-refractivity contribution in [2.24, 2.45) is 0 Å². The molecule has 25 heavy (non-hydrogen) atoms. The van der Waals surface area contributed by atoms with Crippen LogP contribution in [0.2, 0.25) is 0 Å². The molecule has 0 heterocycles. The summed E-state index contributed by atoms with van der Waals surface area (Å²) in [5, 5.41) is 13.4. The van der Waals surface area contributed by atoms with Gasteiger partial charge < -0.3 is 15.2 Å². The van der Waals surface area contributed by atoms with E-state index in [4.69, 9.17) is 4.74 Å². The summed E-state index contributed by atoms with van der Waals surface area (Å²) < 4.78 is 5.29. The van der Waals surface area contributed by atoms with Crippen LogP contribution >= 0.6 is 0 Å². The highest BCUT2D eigenvalue weighted by Crippen LogP contribution is 2.31. The van der Waals surface area contributed by atoms with E-state index in [-0.39, 0.29) is 0 Å². The Morgan fingerprint density at radius 1 is 1.28 bits per heavy atom. The van der Waals surface area contributed by atoms with Gasteiger partial charge >= 0.3 is 0 Å². The summed E-state index contributed by atoms with van der Waals surface area (Å²) in [5.74, 6) is 0.417. The van der Waals surface area contributed by atoms with Gasteiger partial charge in [0.15, 0.2) is 6.29 Å². The lowest BCUT2D eigenvalue weighted by Crippen LogP contribution is -2.15. The monoisotopic (exact) mass is 345 g/mol. The third-order valence-corrected chi connectivity index (χ3v) is 3.68. The summed E-state index contributed by atoms with van der Waals surface area (Å²) in [6.45, 7) is 18.6. The van der Waals surface area contributed by atoms with Gasteiger partial charge in [0.1, 0.15) is 0 Å². The number of hydrogen-bond acceptors (Lipinski definition) is 3. The Morgan fingerprint density at radius 2 is 1.92 bits per heavy atom. The Hall–Kier alpha value is -1.84. The van der Waals surface area contributed by atoms with E-state index in [1.165, 1.54) is 5.56 Å². The molecule has 2 N–H and O–H groups in total. The number of nitrogens with one attached hydrogen (secondary N) is 1. The van der Waals surface area contributed by atoms with Crippen LogP contribution in [0.5, 0.6) is 0 Å². The number of rotatable bonds is 8. The van der Waals surface area contributed by atoms with Crippen molar-refractivity contribution in [1.29, 1.82) is 0 Å². The number of benzene rings is 1. The molecule has 0 aliphatic carbocycles. The molecule has 0 spiro atoms. The molecular weight excluding hydrogens is 310 g/mol. The summed E-state index contributed by atoms with van der Waals surface area (Å²) in [4.78, 5) is 0. The van der Waals surface area contributed by atoms with Crippen LogP contribution in [0.3, 0.4) is 0 Å². The molecule has 3 heteroatoms. The van der Waals surface area contributed by atoms with E-state index in [0.717, 1.165) is 16.8 Å². The van der Waals surface area contributed by atoms with Crippen molar-refractivity contribution in [3.05, 3.63) is 59.8 Å². The first-order valence-corrected chi connectivity index (χ1v) is 9.13. The summed E-state index contributed by atoms with van der Waals surface area (Å²) in [5.41, 5.74) is 4.73. The first-order chi connectivity index (χ1) is 12.0. The molecule has 1 aromatic carbocycles. The second kappa shape index (κ2) is 12.5. The third-order valence-electron chi connectivity index (χ3n) is 3.68. The number of anilines is 1. The molecule has 1 rings (SSSR count). The van der Waals surface area contributed by atoms with Crippen LogP contribution in [-0.2, 0) is 4.74 Å². The second-order valence-electron chi connectivity index (χ2n) is 5.63. The van der Waals surface area contributed by atoms with Crippen molar-refractivity contribution >= 4 is 11.3 Å². The van der Waals surface area contributed by atoms with Gasteiger partial charge in [-0.3, -0.25) is 0 Å². The zero-order chi connectivity index (χ0) is 19.4. The predicted molar refractivity (Wildman–Crippen MR) is 111 cm³/mol. The molecule has 0 saturated carbocycles. The van der Waals surface area contributed by atoms with Crippen molar-refractivity contribution in [3.63, 3.8) is 0 Å². The van der Waals surface area contributed by atoms with Crippen LogP contribution in [0.1, 0.15) is 65.5 Å². The van der Waals surface area contributed by atoms with Crippen molar-refractivity contribution in [3.8, 4) is 0 Å². The lowest BCUT2D eigenvalue weighted by atomic mass is 9.93. The van der Waals surface area contributed by atoms with Crippen LogP contribution < -0.4 is 5.32 Å². The molecule has 1 aromatic rings. The van der Waals surface area contributed by atoms with Crippen molar-refractivity contribution in [1.82, 2.24) is 0 Å². The van der Waals surface area contributed by atoms with Gasteiger partial charge in [0.25, 0.3) is 0 Å². The largest absolute Gasteiger partial charge is 0.364 e. The first kappa shape index (κ1) is 23.2. The van der Waals surface area contributed by atoms with Crippen LogP contribution in [0.4, 0.5) is 5.69 Å². The minimum atomic E-state index is -0.950. The molecule has 140 valence electrons. The molecule has 3 nitrogen and oxygen atoms in total. The maximum atomic E-state index is 10.1. The van der Waals surface area contributed by atoms with E-state index in [1.807, 2.05) is 59.0 Å². The molecule has 0 bridgehead atoms. The van der Waals surface area contributed by atoms with Crippen LogP contribution in [0.25, 0.3) is 5.57 Å². The van der Waals surface area contributed by atoms with E-state index in [1.54, 1.807) is 0 Å². The Bertz CT molecular complexity index is 586. The van der Waals surface area contributed by atoms with Gasteiger partial charge in [-0.1, -0.05) is 58.6 Å². The highest BCUT2D eigenvalue weighted by atomic mass is 16.6. The van der Waals surface area contributed by atoms with Crippen molar-refractivity contribution in [2.45, 2.75) is 60.7 Å². The van der Waals surface area contributed by atoms with Gasteiger partial charge in [-0.2, -0.15) is 0 Å². The Labute approximate surface area is 154 Å². The minimum Gasteiger partial charge on any atom is -0.364 e. The smallest absolute Gasteiger partial charge is 0.181 e. The zero-order valence-corrected chi connectivity index (χ0v) is 16.9. The lowest BCUT2D eigenvalue weighted by Gasteiger charge is -2.19. The van der Waals surface area contributed by atoms with Gasteiger partial charge in [0, 0.05) is 17.9 Å². The summed E-state index contributed by atoms with van der Waals surface area (Å²) in [6.07, 6.45) is 4.77. The lowest BCUT2D eigenvalue weighted by molar-refractivity contribution is -0.0639. The maximum Gasteiger partial charge on any atom is 0.181 e. The topological polar surface area (TPSA) is 41.5 Å². The fourth-order valence-electron chi connectivity index (χ4n) is 2.43. The molecular formula is C22H35NO2. The average molecular weight is 346 g/mol. The van der Waals surface area contributed by atoms with Crippen molar-refractivity contribution in [2.75, 3.05) is 11.9 Å². The van der Waals surface area contributed by atoms with Crippen LogP contribution in [0, 0.1) is 0 Å². The molecule has 1 atom stereocenters. The van der Waals surface area contributed by atoms with E-state index in [9.17, 15) is 5.11 Å². The summed E-state index contributed by atoms with van der Waals surface area (Å²) in [6, 6.07) is 6.22. The zero-order valence-electron chi connectivity index (χ0n) is 16.9. The van der Waals surface area contributed by atoms with Crippen molar-refractivity contribution < 1.29 is 9.84 Å². The van der Waals surface area contributed by atoms with E-state index in [0.29, 0.717) is 18.1 Å². The molecule has 0 aromatic heterocycles. The number of aliphatic hydroxyl groups excluding tert-OH is 1.